The highest BCUT2D eigenvalue weighted by Crippen LogP contribution is 2.23. The van der Waals surface area contributed by atoms with Crippen LogP contribution in [0.2, 0.25) is 0 Å². The van der Waals surface area contributed by atoms with Crippen molar-refractivity contribution in [1.29, 1.82) is 0 Å². The zero-order valence-electron chi connectivity index (χ0n) is 7.57. The van der Waals surface area contributed by atoms with Gasteiger partial charge in [-0.3, -0.25) is 4.79 Å². The molecule has 0 radical (unpaired) electrons. The van der Waals surface area contributed by atoms with Gasteiger partial charge in [0, 0.05) is 6.92 Å². The number of benzene rings is 1. The maximum atomic E-state index is 10.8. The summed E-state index contributed by atoms with van der Waals surface area (Å²) in [5, 5.41) is 0. The first kappa shape index (κ1) is 8.55. The van der Waals surface area contributed by atoms with Crippen molar-refractivity contribution in [1.82, 2.24) is 9.97 Å². The van der Waals surface area contributed by atoms with Crippen molar-refractivity contribution in [2.24, 2.45) is 0 Å². The summed E-state index contributed by atoms with van der Waals surface area (Å²) in [5.41, 5.74) is 6.80. The van der Waals surface area contributed by atoms with Gasteiger partial charge in [0.25, 0.3) is 0 Å². The number of esters is 1. The summed E-state index contributed by atoms with van der Waals surface area (Å²) in [4.78, 5) is 17.6. The highest BCUT2D eigenvalue weighted by atomic mass is 16.5. The maximum absolute atomic E-state index is 10.8. The van der Waals surface area contributed by atoms with E-state index < -0.39 is 0 Å². The Labute approximate surface area is 79.9 Å². The molecule has 3 N–H and O–H groups in total. The van der Waals surface area contributed by atoms with E-state index in [1.54, 1.807) is 12.1 Å². The fourth-order valence-corrected chi connectivity index (χ4v) is 1.26. The van der Waals surface area contributed by atoms with E-state index in [1.165, 1.54) is 6.92 Å². The Morgan fingerprint density at radius 1 is 1.57 bits per heavy atom. The third-order valence-corrected chi connectivity index (χ3v) is 1.75. The second-order valence-electron chi connectivity index (χ2n) is 2.87. The largest absolute Gasteiger partial charge is 0.424 e. The molecule has 0 atom stereocenters. The number of H-pyrrole nitrogens is 1. The standard InChI is InChI=1S/C9H9N3O2/c1-5(13)14-7-4-2-3-6-8(7)12-9(10)11-6/h2-4H,1H3,(H3,10,11,12). The number of nitrogens with zero attached hydrogens (tertiary/aromatic N) is 1. The van der Waals surface area contributed by atoms with Gasteiger partial charge in [-0.15, -0.1) is 0 Å². The number of fused-ring (bicyclic) bond motifs is 1. The Bertz CT molecular complexity index is 490. The summed E-state index contributed by atoms with van der Waals surface area (Å²) in [5.74, 6) is 0.349. The van der Waals surface area contributed by atoms with Gasteiger partial charge in [-0.2, -0.15) is 0 Å². The summed E-state index contributed by atoms with van der Waals surface area (Å²) < 4.78 is 4.96. The van der Waals surface area contributed by atoms with E-state index in [1.807, 2.05) is 6.07 Å². The van der Waals surface area contributed by atoms with Gasteiger partial charge in [-0.05, 0) is 12.1 Å². The Morgan fingerprint density at radius 2 is 2.36 bits per heavy atom. The molecule has 0 fully saturated rings. The first-order chi connectivity index (χ1) is 6.66. The van der Waals surface area contributed by atoms with Crippen molar-refractivity contribution < 1.29 is 9.53 Å². The van der Waals surface area contributed by atoms with Crippen molar-refractivity contribution in [2.75, 3.05) is 5.73 Å². The van der Waals surface area contributed by atoms with E-state index in [0.29, 0.717) is 17.2 Å². The molecule has 0 aliphatic heterocycles. The number of hydrogen-bond donors (Lipinski definition) is 2. The number of carbonyl (C=O) groups is 1. The molecule has 5 nitrogen and oxygen atoms in total. The van der Waals surface area contributed by atoms with Crippen LogP contribution in [0.4, 0.5) is 5.95 Å². The van der Waals surface area contributed by atoms with E-state index in [4.69, 9.17) is 10.5 Å². The number of carbonyl (C=O) groups excluding carboxylic acids is 1. The van der Waals surface area contributed by atoms with Crippen molar-refractivity contribution in [3.63, 3.8) is 0 Å². The minimum Gasteiger partial charge on any atom is -0.424 e. The lowest BCUT2D eigenvalue weighted by atomic mass is 10.3. The van der Waals surface area contributed by atoms with Crippen LogP contribution in [0.25, 0.3) is 11.0 Å². The van der Waals surface area contributed by atoms with E-state index in [2.05, 4.69) is 9.97 Å². The number of hydrogen-bond acceptors (Lipinski definition) is 4. The van der Waals surface area contributed by atoms with Crippen LogP contribution in [0, 0.1) is 0 Å². The summed E-state index contributed by atoms with van der Waals surface area (Å²) in [6.07, 6.45) is 0. The smallest absolute Gasteiger partial charge is 0.308 e. The normalized spacial score (nSPS) is 10.4. The van der Waals surface area contributed by atoms with Crippen molar-refractivity contribution >= 4 is 23.0 Å². The monoisotopic (exact) mass is 191 g/mol. The van der Waals surface area contributed by atoms with Crippen LogP contribution >= 0.6 is 0 Å². The predicted octanol–water partition coefficient (Wildman–Crippen LogP) is 1.07. The molecule has 1 heterocycles. The fraction of sp³-hybridized carbons (Fsp3) is 0.111. The summed E-state index contributed by atoms with van der Waals surface area (Å²) in [7, 11) is 0. The highest BCUT2D eigenvalue weighted by molar-refractivity contribution is 5.85. The Balaban J connectivity index is 2.58. The van der Waals surface area contributed by atoms with Gasteiger partial charge in [0.2, 0.25) is 0 Å². The molecule has 0 bridgehead atoms. The van der Waals surface area contributed by atoms with Crippen molar-refractivity contribution in [3.8, 4) is 5.75 Å². The molecule has 5 heteroatoms. The molecule has 72 valence electrons. The SMILES string of the molecule is CC(=O)Oc1cccc2[nH]c(N)nc12. The molecule has 1 aromatic carbocycles. The van der Waals surface area contributed by atoms with Gasteiger partial charge in [0.05, 0.1) is 5.52 Å². The number of imidazole rings is 1. The van der Waals surface area contributed by atoms with Gasteiger partial charge in [0.1, 0.15) is 5.52 Å². The van der Waals surface area contributed by atoms with Gasteiger partial charge in [0.15, 0.2) is 11.7 Å². The van der Waals surface area contributed by atoms with Crippen molar-refractivity contribution in [2.45, 2.75) is 6.92 Å². The van der Waals surface area contributed by atoms with Crippen LogP contribution in [0.3, 0.4) is 0 Å². The highest BCUT2D eigenvalue weighted by Gasteiger charge is 2.07. The number of ether oxygens (including phenoxy) is 1. The minimum atomic E-state index is -0.376. The topological polar surface area (TPSA) is 81.0 Å². The summed E-state index contributed by atoms with van der Waals surface area (Å²) in [6, 6.07) is 5.24. The van der Waals surface area contributed by atoms with E-state index in [-0.39, 0.29) is 5.97 Å². The molecule has 0 saturated carbocycles. The van der Waals surface area contributed by atoms with Gasteiger partial charge in [-0.25, -0.2) is 4.98 Å². The summed E-state index contributed by atoms with van der Waals surface area (Å²) >= 11 is 0. The lowest BCUT2D eigenvalue weighted by molar-refractivity contribution is -0.131. The zero-order valence-corrected chi connectivity index (χ0v) is 7.57. The molecule has 2 aromatic rings. The van der Waals surface area contributed by atoms with Crippen LogP contribution in [0.5, 0.6) is 5.75 Å². The number of nitrogen functional groups attached to an aromatic ring is 1. The van der Waals surface area contributed by atoms with Crippen LogP contribution in [0.1, 0.15) is 6.92 Å². The van der Waals surface area contributed by atoms with E-state index >= 15 is 0 Å². The van der Waals surface area contributed by atoms with E-state index in [9.17, 15) is 4.79 Å². The van der Waals surface area contributed by atoms with Crippen LogP contribution in [-0.4, -0.2) is 15.9 Å². The lowest BCUT2D eigenvalue weighted by Gasteiger charge is -2.00. The van der Waals surface area contributed by atoms with Gasteiger partial charge >= 0.3 is 5.97 Å². The minimum absolute atomic E-state index is 0.305. The molecular weight excluding hydrogens is 182 g/mol. The molecule has 14 heavy (non-hydrogen) atoms. The quantitative estimate of drug-likeness (QED) is 0.521. The number of anilines is 1. The molecule has 0 saturated heterocycles. The molecule has 0 spiro atoms. The Kier molecular flexibility index (Phi) is 1.85. The molecule has 0 aliphatic carbocycles. The number of aromatic nitrogens is 2. The van der Waals surface area contributed by atoms with Crippen molar-refractivity contribution in [3.05, 3.63) is 18.2 Å². The Morgan fingerprint density at radius 3 is 3.07 bits per heavy atom. The number of nitrogens with one attached hydrogen (secondary N) is 1. The van der Waals surface area contributed by atoms with Crippen LogP contribution in [-0.2, 0) is 4.79 Å². The van der Waals surface area contributed by atoms with Crippen LogP contribution < -0.4 is 10.5 Å². The Hall–Kier alpha value is -2.04. The number of aromatic amines is 1. The second kappa shape index (κ2) is 3.02. The average molecular weight is 191 g/mol. The lowest BCUT2D eigenvalue weighted by Crippen LogP contribution is -2.01. The number of rotatable bonds is 1. The predicted molar refractivity (Wildman–Crippen MR) is 51.8 cm³/mol. The average Bonchev–Trinajstić information content (AvgIpc) is 2.45. The maximum Gasteiger partial charge on any atom is 0.308 e. The molecule has 1 aromatic heterocycles. The second-order valence-corrected chi connectivity index (χ2v) is 2.87. The number of para-hydroxylation sites is 1. The van der Waals surface area contributed by atoms with Gasteiger partial charge < -0.3 is 15.5 Å². The third kappa shape index (κ3) is 1.39. The molecular formula is C9H9N3O2. The third-order valence-electron chi connectivity index (χ3n) is 1.75. The molecule has 0 unspecified atom stereocenters. The zero-order chi connectivity index (χ0) is 10.1. The van der Waals surface area contributed by atoms with Gasteiger partial charge in [-0.1, -0.05) is 6.07 Å². The van der Waals surface area contributed by atoms with E-state index in [0.717, 1.165) is 5.52 Å². The molecule has 0 amide bonds. The summed E-state index contributed by atoms with van der Waals surface area (Å²) in [6.45, 7) is 1.34. The first-order valence-electron chi connectivity index (χ1n) is 4.09. The molecule has 2 rings (SSSR count). The fourth-order valence-electron chi connectivity index (χ4n) is 1.26. The van der Waals surface area contributed by atoms with Crippen LogP contribution in [0.15, 0.2) is 18.2 Å². The molecule has 0 aliphatic rings. The number of nitrogens with two attached hydrogens (primary N) is 1. The first-order valence-corrected chi connectivity index (χ1v) is 4.09.